The van der Waals surface area contributed by atoms with Crippen LogP contribution in [0.2, 0.25) is 5.02 Å². The number of likely N-dealkylation sites (tertiary alicyclic amines) is 1. The second-order valence-electron chi connectivity index (χ2n) is 5.24. The van der Waals surface area contributed by atoms with Gasteiger partial charge in [0, 0.05) is 13.1 Å². The van der Waals surface area contributed by atoms with Crippen LogP contribution in [0.25, 0.3) is 0 Å². The van der Waals surface area contributed by atoms with Crippen LogP contribution >= 0.6 is 11.6 Å². The number of hydrogen-bond donors (Lipinski definition) is 1. The number of hydrogen-bond acceptors (Lipinski definition) is 3. The Labute approximate surface area is 128 Å². The number of rotatable bonds is 4. The van der Waals surface area contributed by atoms with E-state index in [1.54, 1.807) is 17.0 Å². The number of amides is 1. The maximum absolute atomic E-state index is 12.1. The molecule has 1 aromatic rings. The lowest BCUT2D eigenvalue weighted by Crippen LogP contribution is -2.44. The van der Waals surface area contributed by atoms with Crippen molar-refractivity contribution in [3.8, 4) is 5.75 Å². The summed E-state index contributed by atoms with van der Waals surface area (Å²) < 4.78 is 5.46. The van der Waals surface area contributed by atoms with Gasteiger partial charge in [-0.25, -0.2) is 0 Å². The first-order chi connectivity index (χ1) is 9.97. The molecule has 0 bridgehead atoms. The number of nitrogens with zero attached hydrogens (tertiary/aromatic N) is 1. The quantitative estimate of drug-likeness (QED) is 0.927. The first-order valence-electron chi connectivity index (χ1n) is 6.87. The molecule has 0 aliphatic carbocycles. The molecule has 1 unspecified atom stereocenters. The van der Waals surface area contributed by atoms with Gasteiger partial charge in [0.25, 0.3) is 5.91 Å². The molecule has 1 atom stereocenters. The number of ether oxygens (including phenoxy) is 1. The molecule has 0 aromatic heterocycles. The van der Waals surface area contributed by atoms with E-state index in [0.717, 1.165) is 5.56 Å². The van der Waals surface area contributed by atoms with Gasteiger partial charge in [-0.1, -0.05) is 17.7 Å². The number of carbonyl (C=O) groups excluding carboxylic acids is 1. The van der Waals surface area contributed by atoms with Gasteiger partial charge in [0.2, 0.25) is 0 Å². The number of aryl methyl sites for hydroxylation is 1. The standard InChI is InChI=1S/C15H18ClNO4/c1-10-4-5-12(16)13(7-10)21-9-14(18)17-6-2-3-11(8-17)15(19)20/h4-5,7,11H,2-3,6,8-9H2,1H3,(H,19,20). The predicted molar refractivity (Wildman–Crippen MR) is 78.6 cm³/mol. The largest absolute Gasteiger partial charge is 0.482 e. The smallest absolute Gasteiger partial charge is 0.308 e. The van der Waals surface area contributed by atoms with Crippen LogP contribution < -0.4 is 4.74 Å². The molecule has 0 radical (unpaired) electrons. The second kappa shape index (κ2) is 6.80. The predicted octanol–water partition coefficient (Wildman–Crippen LogP) is 2.35. The molecule has 1 N–H and O–H groups in total. The Morgan fingerprint density at radius 1 is 1.48 bits per heavy atom. The molecule has 0 saturated carbocycles. The van der Waals surface area contributed by atoms with E-state index < -0.39 is 11.9 Å². The van der Waals surface area contributed by atoms with Gasteiger partial charge >= 0.3 is 5.97 Å². The number of piperidine rings is 1. The first-order valence-corrected chi connectivity index (χ1v) is 7.24. The van der Waals surface area contributed by atoms with Gasteiger partial charge in [-0.3, -0.25) is 9.59 Å². The normalized spacial score (nSPS) is 18.4. The van der Waals surface area contributed by atoms with E-state index in [0.29, 0.717) is 30.2 Å². The van der Waals surface area contributed by atoms with Gasteiger partial charge in [-0.05, 0) is 37.5 Å². The average molecular weight is 312 g/mol. The van der Waals surface area contributed by atoms with Gasteiger partial charge in [0.1, 0.15) is 5.75 Å². The third-order valence-corrected chi connectivity index (χ3v) is 3.87. The third kappa shape index (κ3) is 4.11. The minimum atomic E-state index is -0.852. The Bertz CT molecular complexity index is 546. The van der Waals surface area contributed by atoms with E-state index in [1.807, 2.05) is 13.0 Å². The molecule has 1 saturated heterocycles. The van der Waals surface area contributed by atoms with Crippen molar-refractivity contribution in [2.45, 2.75) is 19.8 Å². The minimum absolute atomic E-state index is 0.129. The third-order valence-electron chi connectivity index (χ3n) is 3.56. The van der Waals surface area contributed by atoms with Gasteiger partial charge in [-0.15, -0.1) is 0 Å². The second-order valence-corrected chi connectivity index (χ2v) is 5.65. The lowest BCUT2D eigenvalue weighted by molar-refractivity contribution is -0.146. The van der Waals surface area contributed by atoms with Crippen molar-refractivity contribution in [3.63, 3.8) is 0 Å². The summed E-state index contributed by atoms with van der Waals surface area (Å²) in [5.41, 5.74) is 0.991. The minimum Gasteiger partial charge on any atom is -0.482 e. The molecule has 1 aliphatic heterocycles. The number of benzene rings is 1. The number of carboxylic acids is 1. The molecule has 1 aliphatic rings. The van der Waals surface area contributed by atoms with Crippen LogP contribution in [0.15, 0.2) is 18.2 Å². The Morgan fingerprint density at radius 3 is 2.95 bits per heavy atom. The summed E-state index contributed by atoms with van der Waals surface area (Å²) in [4.78, 5) is 24.6. The Kier molecular flexibility index (Phi) is 5.07. The summed E-state index contributed by atoms with van der Waals surface area (Å²) in [6.07, 6.45) is 1.32. The number of carboxylic acid groups (broad SMARTS) is 1. The van der Waals surface area contributed by atoms with E-state index in [2.05, 4.69) is 0 Å². The van der Waals surface area contributed by atoms with Gasteiger partial charge < -0.3 is 14.7 Å². The molecular formula is C15H18ClNO4. The summed E-state index contributed by atoms with van der Waals surface area (Å²) >= 11 is 6.00. The molecule has 6 heteroatoms. The molecule has 21 heavy (non-hydrogen) atoms. The van der Waals surface area contributed by atoms with Gasteiger partial charge in [0.05, 0.1) is 10.9 Å². The maximum Gasteiger partial charge on any atom is 0.308 e. The van der Waals surface area contributed by atoms with Crippen molar-refractivity contribution in [1.82, 2.24) is 4.90 Å². The zero-order chi connectivity index (χ0) is 15.4. The summed E-state index contributed by atoms with van der Waals surface area (Å²) in [6, 6.07) is 5.35. The van der Waals surface area contributed by atoms with Crippen LogP contribution in [0.4, 0.5) is 0 Å². The highest BCUT2D eigenvalue weighted by atomic mass is 35.5. The highest BCUT2D eigenvalue weighted by molar-refractivity contribution is 6.32. The average Bonchev–Trinajstić information content (AvgIpc) is 2.48. The SMILES string of the molecule is Cc1ccc(Cl)c(OCC(=O)N2CCCC(C(=O)O)C2)c1. The Balaban J connectivity index is 1.92. The first kappa shape index (κ1) is 15.6. The monoisotopic (exact) mass is 311 g/mol. The summed E-state index contributed by atoms with van der Waals surface area (Å²) in [5.74, 6) is -1.07. The number of aliphatic carboxylic acids is 1. The van der Waals surface area contributed by atoms with Crippen molar-refractivity contribution in [1.29, 1.82) is 0 Å². The highest BCUT2D eigenvalue weighted by Crippen LogP contribution is 2.25. The van der Waals surface area contributed by atoms with Crippen LogP contribution in [0.3, 0.4) is 0 Å². The molecular weight excluding hydrogens is 294 g/mol. The van der Waals surface area contributed by atoms with Crippen molar-refractivity contribution in [2.75, 3.05) is 19.7 Å². The zero-order valence-corrected chi connectivity index (χ0v) is 12.6. The molecule has 2 rings (SSSR count). The number of halogens is 1. The van der Waals surface area contributed by atoms with Crippen LogP contribution in [-0.2, 0) is 9.59 Å². The topological polar surface area (TPSA) is 66.8 Å². The van der Waals surface area contributed by atoms with Gasteiger partial charge in [-0.2, -0.15) is 0 Å². The molecule has 1 amide bonds. The van der Waals surface area contributed by atoms with Gasteiger partial charge in [0.15, 0.2) is 6.61 Å². The highest BCUT2D eigenvalue weighted by Gasteiger charge is 2.28. The fourth-order valence-corrected chi connectivity index (χ4v) is 2.53. The van der Waals surface area contributed by atoms with E-state index in [-0.39, 0.29) is 19.1 Å². The van der Waals surface area contributed by atoms with Crippen molar-refractivity contribution < 1.29 is 19.4 Å². The van der Waals surface area contributed by atoms with E-state index in [9.17, 15) is 9.59 Å². The van der Waals surface area contributed by atoms with Crippen LogP contribution in [-0.4, -0.2) is 41.6 Å². The van der Waals surface area contributed by atoms with Crippen molar-refractivity contribution >= 4 is 23.5 Å². The summed E-state index contributed by atoms with van der Waals surface area (Å²) in [5, 5.41) is 9.48. The fourth-order valence-electron chi connectivity index (χ4n) is 2.36. The Morgan fingerprint density at radius 2 is 2.24 bits per heavy atom. The molecule has 114 valence electrons. The van der Waals surface area contributed by atoms with Crippen molar-refractivity contribution in [3.05, 3.63) is 28.8 Å². The Hall–Kier alpha value is -1.75. The molecule has 1 aromatic carbocycles. The lowest BCUT2D eigenvalue weighted by Gasteiger charge is -2.30. The zero-order valence-electron chi connectivity index (χ0n) is 11.8. The van der Waals surface area contributed by atoms with E-state index in [1.165, 1.54) is 0 Å². The molecule has 1 heterocycles. The van der Waals surface area contributed by atoms with Crippen LogP contribution in [0.1, 0.15) is 18.4 Å². The van der Waals surface area contributed by atoms with Crippen LogP contribution in [0, 0.1) is 12.8 Å². The molecule has 5 nitrogen and oxygen atoms in total. The molecule has 0 spiro atoms. The van der Waals surface area contributed by atoms with Crippen LogP contribution in [0.5, 0.6) is 5.75 Å². The number of carbonyl (C=O) groups is 2. The summed E-state index contributed by atoms with van der Waals surface area (Å²) in [6.45, 7) is 2.61. The van der Waals surface area contributed by atoms with Crippen molar-refractivity contribution in [2.24, 2.45) is 5.92 Å². The maximum atomic E-state index is 12.1. The van der Waals surface area contributed by atoms with E-state index in [4.69, 9.17) is 21.4 Å². The summed E-state index contributed by atoms with van der Waals surface area (Å²) in [7, 11) is 0. The van der Waals surface area contributed by atoms with E-state index >= 15 is 0 Å². The molecule has 1 fully saturated rings. The fraction of sp³-hybridized carbons (Fsp3) is 0.467. The lowest BCUT2D eigenvalue weighted by atomic mass is 9.98.